The number of fused-ring (bicyclic) bond motifs is 1. The summed E-state index contributed by atoms with van der Waals surface area (Å²) < 4.78 is 11.2. The number of hydrogen-bond acceptors (Lipinski definition) is 3. The van der Waals surface area contributed by atoms with Gasteiger partial charge in [0.2, 0.25) is 0 Å². The van der Waals surface area contributed by atoms with Crippen molar-refractivity contribution < 1.29 is 9.47 Å². The number of nitrogens with zero attached hydrogens (tertiary/aromatic N) is 1. The highest BCUT2D eigenvalue weighted by Crippen LogP contribution is 2.22. The molecule has 0 saturated carbocycles. The van der Waals surface area contributed by atoms with Crippen LogP contribution in [0, 0.1) is 12.3 Å². The molecule has 0 atom stereocenters. The topological polar surface area (TPSA) is 21.7 Å². The van der Waals surface area contributed by atoms with E-state index in [0.717, 1.165) is 68.0 Å². The molecule has 1 aliphatic rings. The van der Waals surface area contributed by atoms with E-state index in [-0.39, 0.29) is 0 Å². The van der Waals surface area contributed by atoms with Gasteiger partial charge in [-0.3, -0.25) is 4.90 Å². The zero-order valence-corrected chi connectivity index (χ0v) is 12.8. The molecule has 1 saturated heterocycles. The van der Waals surface area contributed by atoms with Crippen molar-refractivity contribution in [2.75, 3.05) is 39.5 Å². The molecule has 2 aromatic carbocycles. The summed E-state index contributed by atoms with van der Waals surface area (Å²) in [6.07, 6.45) is 6.46. The van der Waals surface area contributed by atoms with Crippen LogP contribution in [0.5, 0.6) is 5.75 Å². The average Bonchev–Trinajstić information content (AvgIpc) is 2.59. The van der Waals surface area contributed by atoms with E-state index in [0.29, 0.717) is 0 Å². The number of ether oxygens (including phenoxy) is 2. The quantitative estimate of drug-likeness (QED) is 0.625. The minimum atomic E-state index is 0.741. The van der Waals surface area contributed by atoms with E-state index in [9.17, 15) is 0 Å². The van der Waals surface area contributed by atoms with Crippen LogP contribution in [0.1, 0.15) is 12.0 Å². The monoisotopic (exact) mass is 295 g/mol. The van der Waals surface area contributed by atoms with Crippen LogP contribution < -0.4 is 4.74 Å². The number of morpholine rings is 1. The SMILES string of the molecule is C#Cc1ccc2cc(OCCCN3CCOCC3)ccc2c1. The van der Waals surface area contributed by atoms with Crippen LogP contribution in [0.3, 0.4) is 0 Å². The zero-order chi connectivity index (χ0) is 15.2. The highest BCUT2D eigenvalue weighted by atomic mass is 16.5. The second-order valence-corrected chi connectivity index (χ2v) is 5.52. The maximum Gasteiger partial charge on any atom is 0.119 e. The number of terminal acetylenes is 1. The van der Waals surface area contributed by atoms with Crippen molar-refractivity contribution in [1.82, 2.24) is 4.90 Å². The standard InChI is InChI=1S/C19H21NO2/c1-2-16-4-5-18-15-19(7-6-17(18)14-16)22-11-3-8-20-9-12-21-13-10-20/h1,4-7,14-15H,3,8-13H2. The molecule has 22 heavy (non-hydrogen) atoms. The summed E-state index contributed by atoms with van der Waals surface area (Å²) in [7, 11) is 0. The molecule has 1 aliphatic heterocycles. The summed E-state index contributed by atoms with van der Waals surface area (Å²) in [5.74, 6) is 3.58. The molecule has 0 radical (unpaired) electrons. The molecule has 0 spiro atoms. The number of benzene rings is 2. The van der Waals surface area contributed by atoms with E-state index in [2.05, 4.69) is 23.0 Å². The van der Waals surface area contributed by atoms with E-state index in [4.69, 9.17) is 15.9 Å². The lowest BCUT2D eigenvalue weighted by molar-refractivity contribution is 0.0358. The second-order valence-electron chi connectivity index (χ2n) is 5.52. The Morgan fingerprint density at radius 3 is 2.68 bits per heavy atom. The third kappa shape index (κ3) is 3.79. The van der Waals surface area contributed by atoms with Gasteiger partial charge in [0.25, 0.3) is 0 Å². The molecule has 0 N–H and O–H groups in total. The predicted molar refractivity (Wildman–Crippen MR) is 89.3 cm³/mol. The normalized spacial score (nSPS) is 15.6. The minimum Gasteiger partial charge on any atom is -0.494 e. The van der Waals surface area contributed by atoms with E-state index < -0.39 is 0 Å². The third-order valence-electron chi connectivity index (χ3n) is 3.97. The van der Waals surface area contributed by atoms with Gasteiger partial charge in [0.15, 0.2) is 0 Å². The summed E-state index contributed by atoms with van der Waals surface area (Å²) in [4.78, 5) is 2.43. The summed E-state index contributed by atoms with van der Waals surface area (Å²) in [5, 5.41) is 2.31. The van der Waals surface area contributed by atoms with E-state index >= 15 is 0 Å². The van der Waals surface area contributed by atoms with Gasteiger partial charge in [-0.15, -0.1) is 6.42 Å². The Hall–Kier alpha value is -2.02. The molecule has 0 amide bonds. The van der Waals surface area contributed by atoms with Gasteiger partial charge in [-0.05, 0) is 41.5 Å². The smallest absolute Gasteiger partial charge is 0.119 e. The van der Waals surface area contributed by atoms with Crippen LogP contribution in [0.4, 0.5) is 0 Å². The Labute approximate surface area is 131 Å². The molecule has 1 fully saturated rings. The van der Waals surface area contributed by atoms with Gasteiger partial charge in [-0.1, -0.05) is 18.1 Å². The van der Waals surface area contributed by atoms with E-state index in [1.54, 1.807) is 0 Å². The van der Waals surface area contributed by atoms with Crippen LogP contribution in [-0.2, 0) is 4.74 Å². The van der Waals surface area contributed by atoms with Gasteiger partial charge in [-0.25, -0.2) is 0 Å². The van der Waals surface area contributed by atoms with E-state index in [1.165, 1.54) is 0 Å². The molecule has 3 rings (SSSR count). The lowest BCUT2D eigenvalue weighted by Crippen LogP contribution is -2.37. The Kier molecular flexibility index (Phi) is 4.95. The largest absolute Gasteiger partial charge is 0.494 e. The van der Waals surface area contributed by atoms with Crippen LogP contribution >= 0.6 is 0 Å². The number of hydrogen-bond donors (Lipinski definition) is 0. The van der Waals surface area contributed by atoms with Crippen LogP contribution in [0.15, 0.2) is 36.4 Å². The molecule has 0 unspecified atom stereocenters. The zero-order valence-electron chi connectivity index (χ0n) is 12.8. The molecule has 3 nitrogen and oxygen atoms in total. The van der Waals surface area contributed by atoms with Crippen molar-refractivity contribution in [3.8, 4) is 18.1 Å². The second kappa shape index (κ2) is 7.31. The summed E-state index contributed by atoms with van der Waals surface area (Å²) in [6.45, 7) is 5.59. The maximum absolute atomic E-state index is 5.86. The molecule has 0 aliphatic carbocycles. The van der Waals surface area contributed by atoms with Gasteiger partial charge in [0.05, 0.1) is 19.8 Å². The van der Waals surface area contributed by atoms with Crippen LogP contribution in [0.2, 0.25) is 0 Å². The lowest BCUT2D eigenvalue weighted by Gasteiger charge is -2.26. The Bertz CT molecular complexity index is 669. The first kappa shape index (κ1) is 14.9. The third-order valence-corrected chi connectivity index (χ3v) is 3.97. The van der Waals surface area contributed by atoms with Crippen molar-refractivity contribution in [2.24, 2.45) is 0 Å². The van der Waals surface area contributed by atoms with Crippen molar-refractivity contribution in [3.63, 3.8) is 0 Å². The first-order chi connectivity index (χ1) is 10.8. The number of rotatable bonds is 5. The fourth-order valence-corrected chi connectivity index (χ4v) is 2.71. The highest BCUT2D eigenvalue weighted by molar-refractivity contribution is 5.85. The van der Waals surface area contributed by atoms with Gasteiger partial charge in [-0.2, -0.15) is 0 Å². The fourth-order valence-electron chi connectivity index (χ4n) is 2.71. The molecule has 0 aromatic heterocycles. The van der Waals surface area contributed by atoms with Crippen molar-refractivity contribution in [3.05, 3.63) is 42.0 Å². The fraction of sp³-hybridized carbons (Fsp3) is 0.368. The van der Waals surface area contributed by atoms with Gasteiger partial charge in [0, 0.05) is 25.2 Å². The predicted octanol–water partition coefficient (Wildman–Crippen LogP) is 2.92. The molecule has 2 aromatic rings. The first-order valence-electron chi connectivity index (χ1n) is 7.78. The summed E-state index contributed by atoms with van der Waals surface area (Å²) in [5.41, 5.74) is 0.909. The molecule has 0 bridgehead atoms. The van der Waals surface area contributed by atoms with Gasteiger partial charge in [0.1, 0.15) is 5.75 Å². The maximum atomic E-state index is 5.86. The van der Waals surface area contributed by atoms with Crippen molar-refractivity contribution >= 4 is 10.8 Å². The van der Waals surface area contributed by atoms with Crippen molar-refractivity contribution in [1.29, 1.82) is 0 Å². The summed E-state index contributed by atoms with van der Waals surface area (Å²) >= 11 is 0. The minimum absolute atomic E-state index is 0.741. The van der Waals surface area contributed by atoms with Gasteiger partial charge < -0.3 is 9.47 Å². The molecular formula is C19H21NO2. The first-order valence-corrected chi connectivity index (χ1v) is 7.78. The Balaban J connectivity index is 1.52. The Morgan fingerprint density at radius 1 is 1.09 bits per heavy atom. The molecule has 3 heteroatoms. The highest BCUT2D eigenvalue weighted by Gasteiger charge is 2.09. The molecule has 114 valence electrons. The van der Waals surface area contributed by atoms with Gasteiger partial charge >= 0.3 is 0 Å². The van der Waals surface area contributed by atoms with Crippen LogP contribution in [-0.4, -0.2) is 44.4 Å². The average molecular weight is 295 g/mol. The van der Waals surface area contributed by atoms with E-state index in [1.807, 2.05) is 24.3 Å². The lowest BCUT2D eigenvalue weighted by atomic mass is 10.1. The van der Waals surface area contributed by atoms with Crippen LogP contribution in [0.25, 0.3) is 10.8 Å². The Morgan fingerprint density at radius 2 is 1.86 bits per heavy atom. The summed E-state index contributed by atoms with van der Waals surface area (Å²) in [6, 6.07) is 12.2. The molecular weight excluding hydrogens is 274 g/mol. The van der Waals surface area contributed by atoms with Crippen molar-refractivity contribution in [2.45, 2.75) is 6.42 Å². The molecule has 1 heterocycles.